The van der Waals surface area contributed by atoms with E-state index in [4.69, 9.17) is 4.74 Å². The molecular formula is C17H18N6O7. The van der Waals surface area contributed by atoms with E-state index in [1.807, 2.05) is 0 Å². The van der Waals surface area contributed by atoms with Crippen LogP contribution in [0.25, 0.3) is 0 Å². The maximum absolute atomic E-state index is 12.4. The van der Waals surface area contributed by atoms with E-state index < -0.39 is 43.2 Å². The number of aromatic nitrogens is 3. The van der Waals surface area contributed by atoms with E-state index in [0.29, 0.717) is 25.5 Å². The van der Waals surface area contributed by atoms with Gasteiger partial charge in [0.2, 0.25) is 12.2 Å². The molecule has 1 saturated carbocycles. The van der Waals surface area contributed by atoms with Gasteiger partial charge in [-0.1, -0.05) is 12.2 Å². The fourth-order valence-electron chi connectivity index (χ4n) is 3.72. The first kappa shape index (κ1) is 20.9. The molecule has 30 heavy (non-hydrogen) atoms. The highest BCUT2D eigenvalue weighted by Gasteiger charge is 2.36. The van der Waals surface area contributed by atoms with Crippen molar-refractivity contribution in [3.63, 3.8) is 0 Å². The minimum atomic E-state index is -1.13. The molecule has 1 fully saturated rings. The zero-order valence-electron chi connectivity index (χ0n) is 15.7. The van der Waals surface area contributed by atoms with E-state index in [0.717, 1.165) is 12.8 Å². The van der Waals surface area contributed by atoms with Gasteiger partial charge in [-0.2, -0.15) is 9.98 Å². The number of hydrogen-bond donors (Lipinski definition) is 1. The number of ether oxygens (including phenoxy) is 1. The summed E-state index contributed by atoms with van der Waals surface area (Å²) in [6.45, 7) is -1.80. The Morgan fingerprint density at radius 1 is 1.00 bits per heavy atom. The Labute approximate surface area is 168 Å². The van der Waals surface area contributed by atoms with Crippen molar-refractivity contribution >= 4 is 18.3 Å². The molecule has 13 heteroatoms. The normalized spacial score (nSPS) is 21.0. The quantitative estimate of drug-likeness (QED) is 0.310. The van der Waals surface area contributed by atoms with Crippen molar-refractivity contribution in [1.82, 2.24) is 19.0 Å². The van der Waals surface area contributed by atoms with Crippen LogP contribution in [0.5, 0.6) is 0 Å². The van der Waals surface area contributed by atoms with Crippen LogP contribution in [0.4, 0.5) is 4.79 Å². The number of hydrogen-bond acceptors (Lipinski definition) is 9. The number of alkyl carbamates (subject to hydrolysis) is 1. The Hall–Kier alpha value is -3.82. The smallest absolute Gasteiger partial charge is 0.408 e. The molecule has 1 heterocycles. The van der Waals surface area contributed by atoms with E-state index >= 15 is 0 Å². The molecule has 2 aliphatic carbocycles. The number of rotatable bonds is 8. The third-order valence-corrected chi connectivity index (χ3v) is 5.17. The van der Waals surface area contributed by atoms with Gasteiger partial charge in [-0.15, -0.1) is 0 Å². The van der Waals surface area contributed by atoms with Crippen LogP contribution >= 0.6 is 0 Å². The summed E-state index contributed by atoms with van der Waals surface area (Å²) in [6, 6.07) is 0. The van der Waals surface area contributed by atoms with Crippen LogP contribution in [0.1, 0.15) is 12.8 Å². The van der Waals surface area contributed by atoms with Gasteiger partial charge in [0, 0.05) is 5.92 Å². The number of nitrogens with zero attached hydrogens (tertiary/aromatic N) is 5. The third kappa shape index (κ3) is 4.27. The van der Waals surface area contributed by atoms with Gasteiger partial charge in [0.05, 0.1) is 6.61 Å². The van der Waals surface area contributed by atoms with Crippen LogP contribution in [-0.2, 0) is 34.3 Å². The predicted molar refractivity (Wildman–Crippen MR) is 98.8 cm³/mol. The van der Waals surface area contributed by atoms with Crippen LogP contribution < -0.4 is 22.4 Å². The predicted octanol–water partition coefficient (Wildman–Crippen LogP) is -1.35. The lowest BCUT2D eigenvalue weighted by molar-refractivity contribution is 0.117. The summed E-state index contributed by atoms with van der Waals surface area (Å²) in [4.78, 5) is 76.0. The lowest BCUT2D eigenvalue weighted by Gasteiger charge is -2.18. The third-order valence-electron chi connectivity index (χ3n) is 5.17. The van der Waals surface area contributed by atoms with Crippen molar-refractivity contribution in [2.24, 2.45) is 27.7 Å². The van der Waals surface area contributed by atoms with Crippen LogP contribution in [0.3, 0.4) is 0 Å². The van der Waals surface area contributed by atoms with Crippen LogP contribution in [0.2, 0.25) is 0 Å². The molecule has 1 amide bonds. The standard InChI is InChI=1S/C17H18N6O7/c24-9-18-6-21-15(27)22(7-19-10-25)17(29)23(16(21)28)8-20-14(26)30-5-13-4-11-1-2-12(13)3-11/h1-2,11-13H,3-8H2,(H,20,26). The van der Waals surface area contributed by atoms with Crippen molar-refractivity contribution in [2.45, 2.75) is 32.8 Å². The van der Waals surface area contributed by atoms with Crippen LogP contribution in [-0.4, -0.2) is 38.6 Å². The summed E-state index contributed by atoms with van der Waals surface area (Å²) < 4.78 is 6.61. The zero-order chi connectivity index (χ0) is 21.7. The van der Waals surface area contributed by atoms with Crippen LogP contribution in [0, 0.1) is 17.8 Å². The molecule has 0 saturated heterocycles. The number of nitrogens with one attached hydrogen (secondary N) is 1. The first-order valence-electron chi connectivity index (χ1n) is 9.07. The lowest BCUT2D eigenvalue weighted by Crippen LogP contribution is -2.55. The number of carbonyl (C=O) groups is 1. The van der Waals surface area contributed by atoms with Gasteiger partial charge in [0.25, 0.3) is 0 Å². The van der Waals surface area contributed by atoms with Gasteiger partial charge in [-0.05, 0) is 24.7 Å². The highest BCUT2D eigenvalue weighted by atomic mass is 16.5. The van der Waals surface area contributed by atoms with E-state index in [1.54, 1.807) is 0 Å². The van der Waals surface area contributed by atoms with E-state index in [1.165, 1.54) is 12.2 Å². The van der Waals surface area contributed by atoms with Crippen molar-refractivity contribution < 1.29 is 19.1 Å². The number of carbonyl (C=O) groups excluding carboxylic acids is 3. The van der Waals surface area contributed by atoms with E-state index in [9.17, 15) is 28.8 Å². The summed E-state index contributed by atoms with van der Waals surface area (Å²) in [5.74, 6) is 1.14. The minimum absolute atomic E-state index is 0.206. The molecular weight excluding hydrogens is 400 g/mol. The summed E-state index contributed by atoms with van der Waals surface area (Å²) >= 11 is 0. The fourth-order valence-corrected chi connectivity index (χ4v) is 3.72. The van der Waals surface area contributed by atoms with Gasteiger partial charge in [-0.3, -0.25) is 0 Å². The highest BCUT2D eigenvalue weighted by molar-refractivity contribution is 5.66. The Balaban J connectivity index is 1.74. The SMILES string of the molecule is O=C=NCn1c(=O)n(CN=C=O)c(=O)n(CNC(=O)OCC2CC3C=CC2C3)c1=O. The summed E-state index contributed by atoms with van der Waals surface area (Å²) in [5.41, 5.74) is -3.37. The molecule has 1 aromatic rings. The maximum atomic E-state index is 12.4. The lowest BCUT2D eigenvalue weighted by atomic mass is 9.95. The maximum Gasteiger partial charge on any atom is 0.408 e. The molecule has 13 nitrogen and oxygen atoms in total. The second kappa shape index (κ2) is 9.12. The first-order valence-corrected chi connectivity index (χ1v) is 9.07. The summed E-state index contributed by atoms with van der Waals surface area (Å²) in [5, 5.41) is 2.27. The molecule has 0 aromatic carbocycles. The molecule has 2 bridgehead atoms. The topological polar surface area (TPSA) is 163 Å². The number of aliphatic imine (C=N–C) groups is 2. The van der Waals surface area contributed by atoms with Gasteiger partial charge < -0.3 is 10.1 Å². The number of allylic oxidation sites excluding steroid dienone is 2. The highest BCUT2D eigenvalue weighted by Crippen LogP contribution is 2.43. The Morgan fingerprint density at radius 3 is 2.10 bits per heavy atom. The molecule has 3 atom stereocenters. The molecule has 3 rings (SSSR count). The second-order valence-corrected chi connectivity index (χ2v) is 6.89. The summed E-state index contributed by atoms with van der Waals surface area (Å²) in [6.07, 6.45) is 7.79. The van der Waals surface area contributed by atoms with Gasteiger partial charge in [-0.25, -0.2) is 42.5 Å². The average Bonchev–Trinajstić information content (AvgIpc) is 3.35. The Morgan fingerprint density at radius 2 is 1.60 bits per heavy atom. The fraction of sp³-hybridized carbons (Fsp3) is 0.529. The molecule has 158 valence electrons. The van der Waals surface area contributed by atoms with E-state index in [-0.39, 0.29) is 12.5 Å². The zero-order valence-corrected chi connectivity index (χ0v) is 15.7. The average molecular weight is 418 g/mol. The number of fused-ring (bicyclic) bond motifs is 2. The van der Waals surface area contributed by atoms with Crippen molar-refractivity contribution in [3.8, 4) is 0 Å². The van der Waals surface area contributed by atoms with Gasteiger partial charge in [0.15, 0.2) is 0 Å². The molecule has 1 N–H and O–H groups in total. The van der Waals surface area contributed by atoms with Gasteiger partial charge in [0.1, 0.15) is 20.0 Å². The number of amides is 1. The molecule has 0 radical (unpaired) electrons. The first-order chi connectivity index (χ1) is 14.5. The Kier molecular flexibility index (Phi) is 6.35. The van der Waals surface area contributed by atoms with Crippen molar-refractivity contribution in [2.75, 3.05) is 6.61 Å². The number of isocyanates is 2. The monoisotopic (exact) mass is 418 g/mol. The molecule has 3 unspecified atom stereocenters. The largest absolute Gasteiger partial charge is 0.449 e. The minimum Gasteiger partial charge on any atom is -0.449 e. The van der Waals surface area contributed by atoms with Crippen molar-refractivity contribution in [3.05, 3.63) is 43.6 Å². The van der Waals surface area contributed by atoms with E-state index in [2.05, 4.69) is 27.5 Å². The molecule has 0 aliphatic heterocycles. The molecule has 2 aliphatic rings. The van der Waals surface area contributed by atoms with Crippen molar-refractivity contribution in [1.29, 1.82) is 0 Å². The second-order valence-electron chi connectivity index (χ2n) is 6.89. The summed E-state index contributed by atoms with van der Waals surface area (Å²) in [7, 11) is 0. The molecule has 1 aromatic heterocycles. The molecule has 0 spiro atoms. The van der Waals surface area contributed by atoms with Crippen LogP contribution in [0.15, 0.2) is 36.5 Å². The Bertz CT molecular complexity index is 1070. The van der Waals surface area contributed by atoms with Gasteiger partial charge >= 0.3 is 23.2 Å².